The number of aryl methyl sites for hydroxylation is 4. The molecule has 5 aromatic heterocycles. The summed E-state index contributed by atoms with van der Waals surface area (Å²) in [5, 5.41) is 19.1. The molecule has 6 rings (SSSR count). The Kier molecular flexibility index (Phi) is 6.37. The summed E-state index contributed by atoms with van der Waals surface area (Å²) in [6.45, 7) is 16.4. The molecule has 5 aromatic rings. The van der Waals surface area contributed by atoms with Crippen molar-refractivity contribution < 1.29 is 24.3 Å². The molecule has 1 aliphatic rings. The van der Waals surface area contributed by atoms with Crippen LogP contribution in [0.15, 0.2) is 37.4 Å². The van der Waals surface area contributed by atoms with Crippen molar-refractivity contribution in [3.8, 4) is 0 Å². The van der Waals surface area contributed by atoms with Crippen molar-refractivity contribution in [3.63, 3.8) is 0 Å². The number of aromatic amines is 1. The van der Waals surface area contributed by atoms with Gasteiger partial charge in [0.25, 0.3) is 0 Å². The molecule has 8 nitrogen and oxygen atoms in total. The second kappa shape index (κ2) is 9.83. The number of hydrogen-bond donors (Lipinski definition) is 3. The fraction of sp³-hybridized carbons (Fsp3) is 0.235. The topological polar surface area (TPSA) is 112 Å². The molecule has 3 N–H and O–H groups in total. The first kappa shape index (κ1) is 27.2. The normalized spacial score (nSPS) is 12.7. The van der Waals surface area contributed by atoms with Crippen LogP contribution in [0, 0.1) is 20.8 Å². The third-order valence-corrected chi connectivity index (χ3v) is 8.77. The first-order valence-corrected chi connectivity index (χ1v) is 14.0. The van der Waals surface area contributed by atoms with Crippen LogP contribution in [0.5, 0.6) is 0 Å². The molecule has 212 valence electrons. The lowest BCUT2D eigenvalue weighted by molar-refractivity contribution is -0.560. The summed E-state index contributed by atoms with van der Waals surface area (Å²) >= 11 is 0. The quantitative estimate of drug-likeness (QED) is 0.185. The molecule has 0 aromatic carbocycles. The van der Waals surface area contributed by atoms with Gasteiger partial charge < -0.3 is 15.2 Å². The number of rotatable bonds is 8. The number of nitrogens with zero attached hydrogens (tertiary/aromatic N) is 3. The van der Waals surface area contributed by atoms with E-state index in [9.17, 15) is 19.8 Å². The lowest BCUT2D eigenvalue weighted by Crippen LogP contribution is -2.29. The highest BCUT2D eigenvalue weighted by Crippen LogP contribution is 2.36. The first-order valence-electron chi connectivity index (χ1n) is 14.0. The molecular formula is C34H33N4O4+. The van der Waals surface area contributed by atoms with Gasteiger partial charge in [0.05, 0.1) is 16.9 Å². The van der Waals surface area contributed by atoms with Gasteiger partial charge in [0, 0.05) is 52.7 Å². The maximum Gasteiger partial charge on any atom is 0.303 e. The van der Waals surface area contributed by atoms with Crippen LogP contribution in [-0.4, -0.2) is 36.6 Å². The number of aromatic nitrogens is 4. The Morgan fingerprint density at radius 3 is 2.19 bits per heavy atom. The van der Waals surface area contributed by atoms with Gasteiger partial charge in [0.15, 0.2) is 0 Å². The summed E-state index contributed by atoms with van der Waals surface area (Å²) < 4.78 is 4.34. The van der Waals surface area contributed by atoms with Gasteiger partial charge in [-0.05, 0) is 74.9 Å². The molecule has 0 aliphatic carbocycles. The van der Waals surface area contributed by atoms with Gasteiger partial charge in [0.1, 0.15) is 11.0 Å². The van der Waals surface area contributed by atoms with E-state index in [1.54, 1.807) is 0 Å². The minimum absolute atomic E-state index is 0.00844. The molecule has 0 fully saturated rings. The number of carboxylic acids is 2. The van der Waals surface area contributed by atoms with E-state index in [1.165, 1.54) is 0 Å². The molecule has 6 heterocycles. The Balaban J connectivity index is 1.94. The number of nitrogens with one attached hydrogen (secondary N) is 1. The molecule has 0 radical (unpaired) electrons. The van der Waals surface area contributed by atoms with Crippen LogP contribution in [0.25, 0.3) is 56.4 Å². The number of H-pyrrole nitrogens is 1. The molecular weight excluding hydrogens is 528 g/mol. The van der Waals surface area contributed by atoms with Crippen molar-refractivity contribution in [2.45, 2.75) is 53.4 Å². The maximum absolute atomic E-state index is 11.8. The van der Waals surface area contributed by atoms with Crippen LogP contribution in [0.3, 0.4) is 0 Å². The minimum Gasteiger partial charge on any atom is -0.481 e. The highest BCUT2D eigenvalue weighted by atomic mass is 16.4. The van der Waals surface area contributed by atoms with Gasteiger partial charge in [-0.1, -0.05) is 29.8 Å². The summed E-state index contributed by atoms with van der Waals surface area (Å²) in [7, 11) is 0. The number of hydrogen-bond acceptors (Lipinski definition) is 3. The largest absolute Gasteiger partial charge is 0.481 e. The van der Waals surface area contributed by atoms with E-state index < -0.39 is 11.9 Å². The lowest BCUT2D eigenvalue weighted by Gasteiger charge is -2.03. The second-order valence-corrected chi connectivity index (χ2v) is 11.1. The summed E-state index contributed by atoms with van der Waals surface area (Å²) in [4.78, 5) is 31.9. The fourth-order valence-corrected chi connectivity index (χ4v) is 6.50. The molecule has 0 spiro atoms. The Morgan fingerprint density at radius 1 is 0.833 bits per heavy atom. The van der Waals surface area contributed by atoms with E-state index in [0.29, 0.717) is 18.5 Å². The number of carbonyl (C=O) groups is 2. The zero-order chi connectivity index (χ0) is 30.0. The molecule has 8 heteroatoms. The van der Waals surface area contributed by atoms with Crippen molar-refractivity contribution in [2.75, 3.05) is 0 Å². The first-order chi connectivity index (χ1) is 20.0. The van der Waals surface area contributed by atoms with Gasteiger partial charge in [-0.25, -0.2) is 4.98 Å². The van der Waals surface area contributed by atoms with Crippen molar-refractivity contribution in [1.29, 1.82) is 0 Å². The number of aliphatic carboxylic acids is 2. The van der Waals surface area contributed by atoms with Crippen molar-refractivity contribution in [1.82, 2.24) is 14.5 Å². The third kappa shape index (κ3) is 3.97. The van der Waals surface area contributed by atoms with E-state index >= 15 is 0 Å². The van der Waals surface area contributed by atoms with E-state index in [-0.39, 0.29) is 12.8 Å². The van der Waals surface area contributed by atoms with Gasteiger partial charge >= 0.3 is 11.9 Å². The van der Waals surface area contributed by atoms with Crippen molar-refractivity contribution in [3.05, 3.63) is 82.2 Å². The number of allylic oxidation sites excluding steroid dienone is 2. The van der Waals surface area contributed by atoms with Gasteiger partial charge in [0.2, 0.25) is 11.0 Å². The predicted molar refractivity (Wildman–Crippen MR) is 166 cm³/mol. The fourth-order valence-electron chi connectivity index (χ4n) is 6.50. The standard InChI is InChI=1S/C34H32N4O4/c1-7-21-17(3)26-14-31-22(8-2)19(5)29-13-25-18(4)23(9-11-33(39)40)28(36-25)16-32-24(10-12-34(41)42)20(6)30(15-27(21)35-26)38(32)37(29)31/h7-8,13-16H,1-2,9-12H2,3-6H3,(H2,39,40,41,42)/p+1. The highest BCUT2D eigenvalue weighted by Gasteiger charge is 2.29. The second-order valence-electron chi connectivity index (χ2n) is 11.1. The Labute approximate surface area is 242 Å². The van der Waals surface area contributed by atoms with E-state index in [2.05, 4.69) is 59.2 Å². The van der Waals surface area contributed by atoms with E-state index in [1.807, 2.05) is 32.1 Å². The third-order valence-electron chi connectivity index (χ3n) is 8.77. The smallest absolute Gasteiger partial charge is 0.303 e. The molecule has 0 saturated carbocycles. The molecule has 1 aliphatic heterocycles. The van der Waals surface area contributed by atoms with E-state index in [0.717, 1.165) is 83.3 Å². The molecule has 0 unspecified atom stereocenters. The molecule has 0 atom stereocenters. The van der Waals surface area contributed by atoms with Gasteiger partial charge in [-0.3, -0.25) is 9.59 Å². The van der Waals surface area contributed by atoms with Crippen LogP contribution in [0.4, 0.5) is 0 Å². The molecule has 0 saturated heterocycles. The van der Waals surface area contributed by atoms with Crippen LogP contribution < -0.4 is 4.52 Å². The van der Waals surface area contributed by atoms with Crippen molar-refractivity contribution in [2.24, 2.45) is 0 Å². The average Bonchev–Trinajstić information content (AvgIpc) is 3.59. The van der Waals surface area contributed by atoms with E-state index in [4.69, 9.17) is 4.98 Å². The monoisotopic (exact) mass is 561 g/mol. The number of fused-ring (bicyclic) bond motifs is 4. The molecule has 42 heavy (non-hydrogen) atoms. The zero-order valence-corrected chi connectivity index (χ0v) is 24.3. The Morgan fingerprint density at radius 2 is 1.52 bits per heavy atom. The molecule has 4 bridgehead atoms. The Bertz CT molecular complexity index is 2120. The van der Waals surface area contributed by atoms with Crippen LogP contribution in [-0.2, 0) is 16.0 Å². The summed E-state index contributed by atoms with van der Waals surface area (Å²) in [6, 6.07) is 8.32. The van der Waals surface area contributed by atoms with Gasteiger partial charge in [-0.15, -0.1) is 4.52 Å². The van der Waals surface area contributed by atoms with Crippen LogP contribution >= 0.6 is 0 Å². The minimum atomic E-state index is -0.872. The lowest BCUT2D eigenvalue weighted by atomic mass is 10.0. The zero-order valence-electron chi connectivity index (χ0n) is 24.3. The SMILES string of the molecule is C=Cc1c(C)c2cc3c(C=C)c(C)c4cc5nc(cc6c(CCC(=O)O)c(C)c(cc1[nH]2)[n+]6n43)C(CCC(=O)O)=C5C. The van der Waals surface area contributed by atoms with Crippen LogP contribution in [0.2, 0.25) is 0 Å². The predicted octanol–water partition coefficient (Wildman–Crippen LogP) is 6.61. The molecule has 0 amide bonds. The van der Waals surface area contributed by atoms with Gasteiger partial charge in [-0.2, -0.15) is 0 Å². The summed E-state index contributed by atoms with van der Waals surface area (Å²) in [5.41, 5.74) is 14.8. The number of carboxylic acid groups (broad SMARTS) is 2. The average molecular weight is 562 g/mol. The summed E-state index contributed by atoms with van der Waals surface area (Å²) in [6.07, 6.45) is 4.37. The highest BCUT2D eigenvalue weighted by molar-refractivity contribution is 5.95. The summed E-state index contributed by atoms with van der Waals surface area (Å²) in [5.74, 6) is -1.74. The van der Waals surface area contributed by atoms with Crippen molar-refractivity contribution >= 4 is 68.3 Å². The Hall–Kier alpha value is -4.98. The van der Waals surface area contributed by atoms with Crippen LogP contribution in [0.1, 0.15) is 71.0 Å². The maximum atomic E-state index is 11.8.